The lowest BCUT2D eigenvalue weighted by atomic mass is 9.98. The van der Waals surface area contributed by atoms with Crippen LogP contribution in [0.3, 0.4) is 0 Å². The van der Waals surface area contributed by atoms with Crippen LogP contribution >= 0.6 is 0 Å². The van der Waals surface area contributed by atoms with Gasteiger partial charge in [0, 0.05) is 45.3 Å². The first-order valence-electron chi connectivity index (χ1n) is 11.9. The van der Waals surface area contributed by atoms with Crippen molar-refractivity contribution in [1.29, 1.82) is 0 Å². The summed E-state index contributed by atoms with van der Waals surface area (Å²) < 4.78 is 34.4. The number of hydrogen-bond acceptors (Lipinski definition) is 6. The van der Waals surface area contributed by atoms with E-state index in [-0.39, 0.29) is 29.2 Å². The van der Waals surface area contributed by atoms with Gasteiger partial charge in [-0.05, 0) is 44.4 Å². The standard InChI is InChI=1S/C23H34N4O5S/c1-4-19-22(28)24-18-13-16(3)21(14-20(18)32-19)33(30,31)27-8-6-7-17(15-27)23(29)26-11-9-25(5-2)10-12-26/h13-14,17,19H,4-12,15H2,1-3H3,(H,24,28)/t17-,19+/m0/s1. The average molecular weight is 479 g/mol. The molecular formula is C23H34N4O5S. The predicted molar refractivity (Wildman–Crippen MR) is 125 cm³/mol. The summed E-state index contributed by atoms with van der Waals surface area (Å²) in [5, 5.41) is 2.80. The number of sulfonamides is 1. The van der Waals surface area contributed by atoms with Crippen LogP contribution in [-0.4, -0.2) is 86.3 Å². The van der Waals surface area contributed by atoms with E-state index in [1.165, 1.54) is 10.4 Å². The summed E-state index contributed by atoms with van der Waals surface area (Å²) in [5.74, 6) is -0.120. The van der Waals surface area contributed by atoms with Crippen LogP contribution in [-0.2, 0) is 19.6 Å². The summed E-state index contributed by atoms with van der Waals surface area (Å²) in [5.41, 5.74) is 1.02. The molecule has 2 atom stereocenters. The third kappa shape index (κ3) is 4.74. The Kier molecular flexibility index (Phi) is 6.97. The number of piperidine rings is 1. The topological polar surface area (TPSA) is 99.3 Å². The van der Waals surface area contributed by atoms with E-state index in [0.717, 1.165) is 19.6 Å². The van der Waals surface area contributed by atoms with Crippen molar-refractivity contribution in [3.05, 3.63) is 17.7 Å². The zero-order chi connectivity index (χ0) is 23.8. The molecule has 0 spiro atoms. The van der Waals surface area contributed by atoms with E-state index in [9.17, 15) is 18.0 Å². The van der Waals surface area contributed by atoms with Gasteiger partial charge in [0.2, 0.25) is 15.9 Å². The van der Waals surface area contributed by atoms with Gasteiger partial charge in [-0.25, -0.2) is 8.42 Å². The van der Waals surface area contributed by atoms with Crippen molar-refractivity contribution in [2.75, 3.05) is 51.1 Å². The molecule has 2 saturated heterocycles. The highest BCUT2D eigenvalue weighted by Gasteiger charge is 2.37. The molecule has 2 amide bonds. The van der Waals surface area contributed by atoms with Crippen molar-refractivity contribution < 1.29 is 22.7 Å². The van der Waals surface area contributed by atoms with Crippen molar-refractivity contribution >= 4 is 27.5 Å². The van der Waals surface area contributed by atoms with Crippen molar-refractivity contribution in [2.45, 2.75) is 51.0 Å². The van der Waals surface area contributed by atoms with Crippen molar-refractivity contribution in [2.24, 2.45) is 5.92 Å². The number of piperazine rings is 1. The van der Waals surface area contributed by atoms with Gasteiger partial charge >= 0.3 is 0 Å². The molecule has 33 heavy (non-hydrogen) atoms. The van der Waals surface area contributed by atoms with Gasteiger partial charge in [-0.2, -0.15) is 4.31 Å². The second-order valence-corrected chi connectivity index (χ2v) is 11.0. The van der Waals surface area contributed by atoms with Crippen molar-refractivity contribution in [3.8, 4) is 5.75 Å². The van der Waals surface area contributed by atoms with Gasteiger partial charge in [0.25, 0.3) is 5.91 Å². The number of nitrogens with zero attached hydrogens (tertiary/aromatic N) is 3. The first-order valence-corrected chi connectivity index (χ1v) is 13.3. The summed E-state index contributed by atoms with van der Waals surface area (Å²) in [7, 11) is -3.81. The SMILES string of the molecule is CC[C@H]1Oc2cc(S(=O)(=O)N3CCC[C@H](C(=O)N4CCN(CC)CC4)C3)c(C)cc2NC1=O. The van der Waals surface area contributed by atoms with Crippen LogP contribution in [0.4, 0.5) is 5.69 Å². The smallest absolute Gasteiger partial charge is 0.265 e. The van der Waals surface area contributed by atoms with Crippen LogP contribution in [0.2, 0.25) is 0 Å². The van der Waals surface area contributed by atoms with E-state index >= 15 is 0 Å². The van der Waals surface area contributed by atoms with Gasteiger partial charge in [-0.15, -0.1) is 0 Å². The molecule has 4 rings (SSSR count). The quantitative estimate of drug-likeness (QED) is 0.691. The molecule has 3 heterocycles. The highest BCUT2D eigenvalue weighted by molar-refractivity contribution is 7.89. The number of amides is 2. The van der Waals surface area contributed by atoms with E-state index < -0.39 is 16.1 Å². The number of fused-ring (bicyclic) bond motifs is 1. The summed E-state index contributed by atoms with van der Waals surface area (Å²) in [4.78, 5) is 29.6. The minimum Gasteiger partial charge on any atom is -0.478 e. The fraction of sp³-hybridized carbons (Fsp3) is 0.652. The lowest BCUT2D eigenvalue weighted by Crippen LogP contribution is -2.52. The molecule has 0 aliphatic carbocycles. The minimum absolute atomic E-state index is 0.0599. The molecule has 1 N–H and O–H groups in total. The molecule has 182 valence electrons. The number of nitrogens with one attached hydrogen (secondary N) is 1. The molecule has 1 aromatic carbocycles. The second kappa shape index (κ2) is 9.60. The molecule has 3 aliphatic heterocycles. The van der Waals surface area contributed by atoms with Crippen LogP contribution in [0.25, 0.3) is 0 Å². The first kappa shape index (κ1) is 24.0. The fourth-order valence-corrected chi connectivity index (χ4v) is 6.62. The Morgan fingerprint density at radius 3 is 2.55 bits per heavy atom. The average Bonchev–Trinajstić information content (AvgIpc) is 2.83. The number of rotatable bonds is 5. The Balaban J connectivity index is 1.52. The fourth-order valence-electron chi connectivity index (χ4n) is 4.88. The third-order valence-corrected chi connectivity index (χ3v) is 8.96. The van der Waals surface area contributed by atoms with Crippen LogP contribution in [0.15, 0.2) is 17.0 Å². The molecular weight excluding hydrogens is 444 g/mol. The Hall–Kier alpha value is -2.17. The van der Waals surface area contributed by atoms with Gasteiger partial charge in [0.05, 0.1) is 16.5 Å². The van der Waals surface area contributed by atoms with E-state index in [1.54, 1.807) is 13.0 Å². The lowest BCUT2D eigenvalue weighted by molar-refractivity contribution is -0.138. The number of carbonyl (C=O) groups is 2. The van der Waals surface area contributed by atoms with Gasteiger partial charge < -0.3 is 19.9 Å². The molecule has 2 fully saturated rings. The molecule has 0 saturated carbocycles. The van der Waals surface area contributed by atoms with Gasteiger partial charge in [0.1, 0.15) is 5.75 Å². The van der Waals surface area contributed by atoms with Crippen LogP contribution in [0.5, 0.6) is 5.75 Å². The largest absolute Gasteiger partial charge is 0.478 e. The summed E-state index contributed by atoms with van der Waals surface area (Å²) in [6.07, 6.45) is 1.21. The molecule has 3 aliphatic rings. The van der Waals surface area contributed by atoms with E-state index in [0.29, 0.717) is 55.9 Å². The Labute approximate surface area is 196 Å². The number of anilines is 1. The molecule has 10 heteroatoms. The molecule has 1 aromatic rings. The molecule has 0 radical (unpaired) electrons. The lowest BCUT2D eigenvalue weighted by Gasteiger charge is -2.38. The van der Waals surface area contributed by atoms with Crippen molar-refractivity contribution in [1.82, 2.24) is 14.1 Å². The maximum absolute atomic E-state index is 13.6. The predicted octanol–water partition coefficient (Wildman–Crippen LogP) is 1.67. The van der Waals surface area contributed by atoms with E-state index in [2.05, 4.69) is 17.1 Å². The Bertz CT molecular complexity index is 1020. The maximum Gasteiger partial charge on any atom is 0.265 e. The number of carbonyl (C=O) groups excluding carboxylic acids is 2. The molecule has 0 aromatic heterocycles. The van der Waals surface area contributed by atoms with E-state index in [1.807, 2.05) is 11.8 Å². The minimum atomic E-state index is -3.81. The number of ether oxygens (including phenoxy) is 1. The van der Waals surface area contributed by atoms with Gasteiger partial charge in [0.15, 0.2) is 6.10 Å². The Morgan fingerprint density at radius 1 is 1.15 bits per heavy atom. The zero-order valence-electron chi connectivity index (χ0n) is 19.7. The summed E-state index contributed by atoms with van der Waals surface area (Å²) in [6.45, 7) is 10.3. The number of hydrogen-bond donors (Lipinski definition) is 1. The second-order valence-electron chi connectivity index (χ2n) is 9.08. The first-order chi connectivity index (χ1) is 15.7. The summed E-state index contributed by atoms with van der Waals surface area (Å²) in [6, 6.07) is 3.16. The molecule has 0 bridgehead atoms. The summed E-state index contributed by atoms with van der Waals surface area (Å²) >= 11 is 0. The number of benzene rings is 1. The van der Waals surface area contributed by atoms with Gasteiger partial charge in [-0.1, -0.05) is 13.8 Å². The molecule has 9 nitrogen and oxygen atoms in total. The highest BCUT2D eigenvalue weighted by Crippen LogP contribution is 2.36. The number of aryl methyl sites for hydroxylation is 1. The third-order valence-electron chi connectivity index (χ3n) is 6.95. The Morgan fingerprint density at radius 2 is 1.88 bits per heavy atom. The maximum atomic E-state index is 13.6. The van der Waals surface area contributed by atoms with Crippen molar-refractivity contribution in [3.63, 3.8) is 0 Å². The zero-order valence-corrected chi connectivity index (χ0v) is 20.5. The van der Waals surface area contributed by atoms with Crippen LogP contribution in [0.1, 0.15) is 38.7 Å². The molecule has 0 unspecified atom stereocenters. The normalized spacial score (nSPS) is 24.7. The van der Waals surface area contributed by atoms with E-state index in [4.69, 9.17) is 4.74 Å². The van der Waals surface area contributed by atoms with Gasteiger partial charge in [-0.3, -0.25) is 9.59 Å². The van der Waals surface area contributed by atoms with Crippen LogP contribution in [0, 0.1) is 12.8 Å². The van der Waals surface area contributed by atoms with Crippen LogP contribution < -0.4 is 10.1 Å². The number of likely N-dealkylation sites (N-methyl/N-ethyl adjacent to an activating group) is 1. The highest BCUT2D eigenvalue weighted by atomic mass is 32.2. The monoisotopic (exact) mass is 478 g/mol.